The summed E-state index contributed by atoms with van der Waals surface area (Å²) in [5.41, 5.74) is 0.862. The molecule has 1 saturated carbocycles. The van der Waals surface area contributed by atoms with E-state index in [9.17, 15) is 13.6 Å². The van der Waals surface area contributed by atoms with Crippen LogP contribution in [0.15, 0.2) is 42.5 Å². The molecule has 0 saturated heterocycles. The van der Waals surface area contributed by atoms with Crippen LogP contribution in [0, 0.1) is 17.6 Å². The van der Waals surface area contributed by atoms with Gasteiger partial charge >= 0.3 is 0 Å². The fourth-order valence-electron chi connectivity index (χ4n) is 2.50. The minimum Gasteiger partial charge on any atom is -0.294 e. The number of halogens is 3. The third kappa shape index (κ3) is 2.34. The van der Waals surface area contributed by atoms with Crippen molar-refractivity contribution in [3.8, 4) is 0 Å². The van der Waals surface area contributed by atoms with Gasteiger partial charge in [0.25, 0.3) is 0 Å². The van der Waals surface area contributed by atoms with Crippen molar-refractivity contribution in [1.29, 1.82) is 0 Å². The van der Waals surface area contributed by atoms with E-state index in [1.165, 1.54) is 30.3 Å². The predicted octanol–water partition coefficient (Wildman–Crippen LogP) is 4.60. The molecule has 1 fully saturated rings. The van der Waals surface area contributed by atoms with Crippen LogP contribution in [0.4, 0.5) is 8.78 Å². The molecule has 0 bridgehead atoms. The van der Waals surface area contributed by atoms with Crippen LogP contribution < -0.4 is 0 Å². The number of benzene rings is 2. The molecule has 1 aliphatic rings. The highest BCUT2D eigenvalue weighted by atomic mass is 35.5. The van der Waals surface area contributed by atoms with Gasteiger partial charge in [0.2, 0.25) is 0 Å². The molecule has 2 atom stereocenters. The molecule has 0 aromatic heterocycles. The van der Waals surface area contributed by atoms with Crippen LogP contribution in [-0.4, -0.2) is 5.78 Å². The molecule has 2 aromatic rings. The Hall–Kier alpha value is -1.74. The van der Waals surface area contributed by atoms with E-state index in [0.29, 0.717) is 22.6 Å². The summed E-state index contributed by atoms with van der Waals surface area (Å²) in [6.45, 7) is 0. The topological polar surface area (TPSA) is 17.1 Å². The zero-order chi connectivity index (χ0) is 14.3. The van der Waals surface area contributed by atoms with Crippen LogP contribution in [-0.2, 0) is 0 Å². The molecule has 0 aliphatic heterocycles. The average molecular weight is 293 g/mol. The van der Waals surface area contributed by atoms with Crippen LogP contribution in [0.2, 0.25) is 5.02 Å². The molecule has 20 heavy (non-hydrogen) atoms. The van der Waals surface area contributed by atoms with Crippen LogP contribution in [0.5, 0.6) is 0 Å². The van der Waals surface area contributed by atoms with Crippen molar-refractivity contribution >= 4 is 17.4 Å². The van der Waals surface area contributed by atoms with Crippen LogP contribution in [0.1, 0.15) is 28.3 Å². The van der Waals surface area contributed by atoms with Gasteiger partial charge in [0.05, 0.1) is 0 Å². The summed E-state index contributed by atoms with van der Waals surface area (Å²) in [7, 11) is 0. The molecule has 0 heterocycles. The number of ketones is 1. The van der Waals surface area contributed by atoms with Crippen molar-refractivity contribution in [2.45, 2.75) is 12.3 Å². The van der Waals surface area contributed by atoms with Crippen LogP contribution >= 0.6 is 11.6 Å². The lowest BCUT2D eigenvalue weighted by atomic mass is 10.0. The first kappa shape index (κ1) is 13.3. The summed E-state index contributed by atoms with van der Waals surface area (Å²) in [5.74, 6) is -1.30. The first-order chi connectivity index (χ1) is 9.58. The number of carbonyl (C=O) groups is 1. The molecule has 0 N–H and O–H groups in total. The normalized spacial score (nSPS) is 20.8. The summed E-state index contributed by atoms with van der Waals surface area (Å²) in [4.78, 5) is 12.2. The SMILES string of the molecule is O=C(c1ccc(F)cc1)[C@H]1C[C@@H]1c1c(F)cccc1Cl. The largest absolute Gasteiger partial charge is 0.294 e. The maximum absolute atomic E-state index is 13.8. The van der Waals surface area contributed by atoms with Crippen molar-refractivity contribution in [1.82, 2.24) is 0 Å². The van der Waals surface area contributed by atoms with Crippen LogP contribution in [0.25, 0.3) is 0 Å². The Kier molecular flexibility index (Phi) is 3.30. The Morgan fingerprint density at radius 2 is 1.80 bits per heavy atom. The van der Waals surface area contributed by atoms with E-state index in [0.717, 1.165) is 0 Å². The Balaban J connectivity index is 1.82. The van der Waals surface area contributed by atoms with Gasteiger partial charge in [0.1, 0.15) is 11.6 Å². The first-order valence-electron chi connectivity index (χ1n) is 6.31. The van der Waals surface area contributed by atoms with Crippen LogP contribution in [0.3, 0.4) is 0 Å². The first-order valence-corrected chi connectivity index (χ1v) is 6.69. The van der Waals surface area contributed by atoms with Gasteiger partial charge in [-0.25, -0.2) is 8.78 Å². The molecule has 102 valence electrons. The smallest absolute Gasteiger partial charge is 0.166 e. The Labute approximate surface area is 120 Å². The molecule has 1 nitrogen and oxygen atoms in total. The monoisotopic (exact) mass is 292 g/mol. The number of rotatable bonds is 3. The second-order valence-corrected chi connectivity index (χ2v) is 5.36. The van der Waals surface area contributed by atoms with Gasteiger partial charge in [-0.2, -0.15) is 0 Å². The molecular formula is C16H11ClF2O. The van der Waals surface area contributed by atoms with Gasteiger partial charge in [-0.1, -0.05) is 17.7 Å². The molecule has 4 heteroatoms. The zero-order valence-corrected chi connectivity index (χ0v) is 11.2. The lowest BCUT2D eigenvalue weighted by Gasteiger charge is -2.05. The Morgan fingerprint density at radius 3 is 2.45 bits per heavy atom. The highest BCUT2D eigenvalue weighted by molar-refractivity contribution is 6.31. The van der Waals surface area contributed by atoms with Crippen molar-refractivity contribution in [2.24, 2.45) is 5.92 Å². The van der Waals surface area contributed by atoms with E-state index >= 15 is 0 Å². The average Bonchev–Trinajstić information content (AvgIpc) is 3.19. The molecule has 0 amide bonds. The Morgan fingerprint density at radius 1 is 1.10 bits per heavy atom. The van der Waals surface area contributed by atoms with Crippen molar-refractivity contribution in [3.63, 3.8) is 0 Å². The molecule has 0 radical (unpaired) electrons. The highest BCUT2D eigenvalue weighted by Crippen LogP contribution is 2.51. The van der Waals surface area contributed by atoms with E-state index in [1.54, 1.807) is 12.1 Å². The third-order valence-corrected chi connectivity index (χ3v) is 3.96. The zero-order valence-electron chi connectivity index (χ0n) is 10.4. The van der Waals surface area contributed by atoms with Gasteiger partial charge in [0, 0.05) is 22.1 Å². The summed E-state index contributed by atoms with van der Waals surface area (Å²) in [5, 5.41) is 0.351. The summed E-state index contributed by atoms with van der Waals surface area (Å²) in [6, 6.07) is 9.92. The molecule has 1 aliphatic carbocycles. The lowest BCUT2D eigenvalue weighted by Crippen LogP contribution is -2.04. The van der Waals surface area contributed by atoms with Crippen molar-refractivity contribution in [3.05, 3.63) is 70.2 Å². The summed E-state index contributed by atoms with van der Waals surface area (Å²) in [6.07, 6.45) is 0.580. The number of Topliss-reactive ketones (excluding diaryl/α,β-unsaturated/α-hetero) is 1. The molecule has 2 aromatic carbocycles. The van der Waals surface area contributed by atoms with Gasteiger partial charge in [-0.3, -0.25) is 4.79 Å². The van der Waals surface area contributed by atoms with E-state index in [1.807, 2.05) is 0 Å². The second-order valence-electron chi connectivity index (χ2n) is 4.96. The minimum absolute atomic E-state index is 0.0886. The lowest BCUT2D eigenvalue weighted by molar-refractivity contribution is 0.0965. The van der Waals surface area contributed by atoms with E-state index in [-0.39, 0.29) is 29.3 Å². The van der Waals surface area contributed by atoms with Gasteiger partial charge < -0.3 is 0 Å². The van der Waals surface area contributed by atoms with E-state index in [2.05, 4.69) is 0 Å². The number of hydrogen-bond donors (Lipinski definition) is 0. The Bertz CT molecular complexity index is 646. The fourth-order valence-corrected chi connectivity index (χ4v) is 2.80. The van der Waals surface area contributed by atoms with E-state index < -0.39 is 0 Å². The van der Waals surface area contributed by atoms with Crippen molar-refractivity contribution in [2.75, 3.05) is 0 Å². The minimum atomic E-state index is -0.383. The number of carbonyl (C=O) groups excluding carboxylic acids is 1. The standard InChI is InChI=1S/C16H11ClF2O/c17-13-2-1-3-14(19)15(13)11-8-12(11)16(20)9-4-6-10(18)7-5-9/h1-7,11-12H,8H2/t11-,12-/m0/s1. The second kappa shape index (κ2) is 4.98. The van der Waals surface area contributed by atoms with Gasteiger partial charge in [0.15, 0.2) is 5.78 Å². The summed E-state index contributed by atoms with van der Waals surface area (Å²) < 4.78 is 26.6. The molecular weight excluding hydrogens is 282 g/mol. The summed E-state index contributed by atoms with van der Waals surface area (Å²) >= 11 is 6.00. The predicted molar refractivity (Wildman–Crippen MR) is 73.0 cm³/mol. The highest BCUT2D eigenvalue weighted by Gasteiger charge is 2.46. The number of hydrogen-bond acceptors (Lipinski definition) is 1. The van der Waals surface area contributed by atoms with Crippen molar-refractivity contribution < 1.29 is 13.6 Å². The maximum Gasteiger partial charge on any atom is 0.166 e. The maximum atomic E-state index is 13.8. The fraction of sp³-hybridized carbons (Fsp3) is 0.188. The van der Waals surface area contributed by atoms with Gasteiger partial charge in [-0.05, 0) is 48.7 Å². The quantitative estimate of drug-likeness (QED) is 0.755. The third-order valence-electron chi connectivity index (χ3n) is 3.63. The molecule has 0 spiro atoms. The molecule has 3 rings (SSSR count). The van der Waals surface area contributed by atoms with Gasteiger partial charge in [-0.15, -0.1) is 0 Å². The molecule has 0 unspecified atom stereocenters. The van der Waals surface area contributed by atoms with E-state index in [4.69, 9.17) is 11.6 Å².